The molecule has 0 radical (unpaired) electrons. The van der Waals surface area contributed by atoms with E-state index in [0.29, 0.717) is 58.0 Å². The predicted octanol–water partition coefficient (Wildman–Crippen LogP) is 6.74. The van der Waals surface area contributed by atoms with Gasteiger partial charge in [-0.25, -0.2) is 13.9 Å². The van der Waals surface area contributed by atoms with Crippen LogP contribution in [-0.4, -0.2) is 68.4 Å². The molecule has 2 fully saturated rings. The number of hydrogen-bond donors (Lipinski definition) is 2. The van der Waals surface area contributed by atoms with E-state index in [1.54, 1.807) is 48.2 Å². The molecule has 0 unspecified atom stereocenters. The molecule has 280 valence electrons. The van der Waals surface area contributed by atoms with Crippen molar-refractivity contribution in [2.75, 3.05) is 25.5 Å². The maximum atomic E-state index is 15.0. The largest absolute Gasteiger partial charge is 0.496 e. The zero-order valence-electron chi connectivity index (χ0n) is 29.9. The number of rotatable bonds is 9. The lowest BCUT2D eigenvalue weighted by molar-refractivity contribution is -0.0511. The maximum absolute atomic E-state index is 15.0. The molecule has 6 aromatic rings. The van der Waals surface area contributed by atoms with Gasteiger partial charge in [0.1, 0.15) is 23.5 Å². The molecule has 1 aliphatic heterocycles. The van der Waals surface area contributed by atoms with Crippen LogP contribution in [0.1, 0.15) is 63.4 Å². The zero-order chi connectivity index (χ0) is 38.3. The highest BCUT2D eigenvalue weighted by Crippen LogP contribution is 2.51. The number of halogens is 2. The average molecular weight is 764 g/mol. The standard InChI is InChI=1S/C40H35F2N7O5S/c1-22-16-27(34-31(42)8-5-9-33(34)53-2)29(21-43-22)35(50)44-38-47-48-39(55-38)54-24-19-40(20-24)12-14-49(15-13-40)37(52)28-17-23(10-11-30(28)41)18-32-25-6-3-4-7-26(25)36(51)46-45-32/h3-11,16-17,21,24H,12-15,18-20H2,1-2H3,(H,46,51)(H,44,47,50). The molecule has 12 nitrogen and oxygen atoms in total. The maximum Gasteiger partial charge on any atom is 0.296 e. The molecule has 0 atom stereocenters. The summed E-state index contributed by atoms with van der Waals surface area (Å²) in [6.45, 7) is 2.73. The molecule has 2 N–H and O–H groups in total. The number of ether oxygens (including phenoxy) is 2. The number of carbonyl (C=O) groups excluding carboxylic acids is 2. The first-order valence-electron chi connectivity index (χ1n) is 17.7. The van der Waals surface area contributed by atoms with Crippen LogP contribution < -0.4 is 20.3 Å². The summed E-state index contributed by atoms with van der Waals surface area (Å²) in [6.07, 6.45) is 4.65. The van der Waals surface area contributed by atoms with E-state index in [2.05, 4.69) is 30.7 Å². The van der Waals surface area contributed by atoms with Crippen molar-refractivity contribution in [3.63, 3.8) is 0 Å². The van der Waals surface area contributed by atoms with Crippen LogP contribution in [0.15, 0.2) is 77.7 Å². The number of benzene rings is 3. The van der Waals surface area contributed by atoms with Crippen molar-refractivity contribution in [2.24, 2.45) is 5.41 Å². The Hall–Kier alpha value is -6.09. The number of amides is 2. The number of carbonyl (C=O) groups is 2. The summed E-state index contributed by atoms with van der Waals surface area (Å²) in [4.78, 5) is 45.1. The summed E-state index contributed by atoms with van der Waals surface area (Å²) in [7, 11) is 1.44. The third kappa shape index (κ3) is 7.14. The molecule has 3 aromatic carbocycles. The minimum atomic E-state index is -0.584. The van der Waals surface area contributed by atoms with Gasteiger partial charge in [-0.3, -0.25) is 24.7 Å². The van der Waals surface area contributed by atoms with Gasteiger partial charge in [-0.05, 0) is 91.3 Å². The topological polar surface area (TPSA) is 152 Å². The van der Waals surface area contributed by atoms with Crippen LogP contribution in [0, 0.1) is 24.0 Å². The van der Waals surface area contributed by atoms with Gasteiger partial charge in [0.05, 0.1) is 34.9 Å². The van der Waals surface area contributed by atoms with Crippen LogP contribution in [0.5, 0.6) is 10.9 Å². The second kappa shape index (κ2) is 14.6. The Kier molecular flexibility index (Phi) is 9.55. The smallest absolute Gasteiger partial charge is 0.296 e. The van der Waals surface area contributed by atoms with E-state index in [-0.39, 0.29) is 50.6 Å². The number of nitrogens with one attached hydrogen (secondary N) is 2. The third-order valence-corrected chi connectivity index (χ3v) is 11.2. The molecule has 2 aliphatic rings. The lowest BCUT2D eigenvalue weighted by atomic mass is 9.61. The molecule has 8 rings (SSSR count). The van der Waals surface area contributed by atoms with Crippen LogP contribution in [0.4, 0.5) is 13.9 Å². The van der Waals surface area contributed by atoms with Gasteiger partial charge >= 0.3 is 0 Å². The number of hydrogen-bond acceptors (Lipinski definition) is 10. The minimum absolute atomic E-state index is 0.00311. The Morgan fingerprint density at radius 3 is 2.55 bits per heavy atom. The number of aryl methyl sites for hydroxylation is 1. The summed E-state index contributed by atoms with van der Waals surface area (Å²) in [5.41, 5.74) is 2.31. The molecule has 15 heteroatoms. The molecule has 55 heavy (non-hydrogen) atoms. The van der Waals surface area contributed by atoms with Gasteiger partial charge in [-0.15, -0.1) is 5.10 Å². The van der Waals surface area contributed by atoms with Crippen molar-refractivity contribution in [3.8, 4) is 22.1 Å². The van der Waals surface area contributed by atoms with Crippen molar-refractivity contribution in [2.45, 2.75) is 45.1 Å². The first-order valence-corrected chi connectivity index (χ1v) is 18.6. The van der Waals surface area contributed by atoms with Crippen LogP contribution in [0.3, 0.4) is 0 Å². The molecular formula is C40H35F2N7O5S. The fraction of sp³-hybridized carbons (Fsp3) is 0.275. The SMILES string of the molecule is COc1cccc(F)c1-c1cc(C)ncc1C(=O)Nc1nnc(OC2CC3(CCN(C(=O)c4cc(Cc5n[nH]c(=O)c6ccccc56)ccc4F)CC3)C2)s1. The number of methoxy groups -OCH3 is 1. The zero-order valence-corrected chi connectivity index (χ0v) is 30.7. The normalized spacial score (nSPS) is 15.2. The average Bonchev–Trinajstić information content (AvgIpc) is 3.62. The molecule has 2 amide bonds. The summed E-state index contributed by atoms with van der Waals surface area (Å²) in [5.74, 6) is -1.73. The highest BCUT2D eigenvalue weighted by molar-refractivity contribution is 7.17. The van der Waals surface area contributed by atoms with Crippen molar-refractivity contribution in [1.82, 2.24) is 30.3 Å². The molecule has 4 heterocycles. The van der Waals surface area contributed by atoms with E-state index in [0.717, 1.165) is 37.0 Å². The molecule has 0 bridgehead atoms. The van der Waals surface area contributed by atoms with E-state index in [1.807, 2.05) is 12.1 Å². The number of nitrogens with zero attached hydrogens (tertiary/aromatic N) is 5. The van der Waals surface area contributed by atoms with Gasteiger partial charge in [-0.2, -0.15) is 5.10 Å². The van der Waals surface area contributed by atoms with Gasteiger partial charge in [-0.1, -0.05) is 35.4 Å². The van der Waals surface area contributed by atoms with Crippen LogP contribution in [0.25, 0.3) is 21.9 Å². The second-order valence-electron chi connectivity index (χ2n) is 14.0. The Bertz CT molecular complexity index is 2510. The fourth-order valence-electron chi connectivity index (χ4n) is 7.60. The summed E-state index contributed by atoms with van der Waals surface area (Å²) < 4.78 is 41.5. The number of anilines is 1. The quantitative estimate of drug-likeness (QED) is 0.163. The minimum Gasteiger partial charge on any atom is -0.496 e. The Morgan fingerprint density at radius 1 is 0.982 bits per heavy atom. The number of fused-ring (bicyclic) bond motifs is 1. The fourth-order valence-corrected chi connectivity index (χ4v) is 8.25. The first-order chi connectivity index (χ1) is 26.6. The number of piperidine rings is 1. The highest BCUT2D eigenvalue weighted by atomic mass is 32.1. The summed E-state index contributed by atoms with van der Waals surface area (Å²) >= 11 is 1.09. The molecule has 1 saturated heterocycles. The van der Waals surface area contributed by atoms with E-state index in [4.69, 9.17) is 9.47 Å². The Morgan fingerprint density at radius 2 is 1.76 bits per heavy atom. The van der Waals surface area contributed by atoms with Crippen molar-refractivity contribution in [3.05, 3.63) is 123 Å². The van der Waals surface area contributed by atoms with Gasteiger partial charge in [0.25, 0.3) is 22.6 Å². The molecule has 1 saturated carbocycles. The number of likely N-dealkylation sites (tertiary alicyclic amines) is 1. The van der Waals surface area contributed by atoms with E-state index < -0.39 is 17.5 Å². The Balaban J connectivity index is 0.863. The third-order valence-electron chi connectivity index (χ3n) is 10.5. The first kappa shape index (κ1) is 35.9. The summed E-state index contributed by atoms with van der Waals surface area (Å²) in [5, 5.41) is 19.4. The van der Waals surface area contributed by atoms with E-state index >= 15 is 4.39 Å². The molecular weight excluding hydrogens is 729 g/mol. The monoisotopic (exact) mass is 763 g/mol. The number of aromatic amines is 1. The van der Waals surface area contributed by atoms with Crippen molar-refractivity contribution < 1.29 is 27.8 Å². The lowest BCUT2D eigenvalue weighted by Gasteiger charge is -2.51. The van der Waals surface area contributed by atoms with Crippen molar-refractivity contribution >= 4 is 39.1 Å². The van der Waals surface area contributed by atoms with Crippen molar-refractivity contribution in [1.29, 1.82) is 0 Å². The molecule has 1 spiro atoms. The molecule has 3 aromatic heterocycles. The van der Waals surface area contributed by atoms with Gasteiger partial charge in [0.2, 0.25) is 5.13 Å². The Labute approximate surface area is 317 Å². The number of pyridine rings is 1. The lowest BCUT2D eigenvalue weighted by Crippen LogP contribution is -2.52. The number of aromatic nitrogens is 5. The van der Waals surface area contributed by atoms with E-state index in [1.165, 1.54) is 31.5 Å². The molecule has 1 aliphatic carbocycles. The predicted molar refractivity (Wildman–Crippen MR) is 202 cm³/mol. The van der Waals surface area contributed by atoms with Crippen LogP contribution in [0.2, 0.25) is 0 Å². The second-order valence-corrected chi connectivity index (χ2v) is 14.9. The highest BCUT2D eigenvalue weighted by Gasteiger charge is 2.48. The van der Waals surface area contributed by atoms with Gasteiger partial charge in [0, 0.05) is 42.4 Å². The summed E-state index contributed by atoms with van der Waals surface area (Å²) in [6, 6.07) is 17.8. The van der Waals surface area contributed by atoms with E-state index in [9.17, 15) is 18.8 Å². The number of H-pyrrole nitrogens is 1. The van der Waals surface area contributed by atoms with Gasteiger partial charge in [0.15, 0.2) is 0 Å². The van der Waals surface area contributed by atoms with Crippen LogP contribution in [-0.2, 0) is 6.42 Å². The van der Waals surface area contributed by atoms with Gasteiger partial charge < -0.3 is 14.4 Å². The van der Waals surface area contributed by atoms with Crippen LogP contribution >= 0.6 is 11.3 Å².